The maximum absolute atomic E-state index is 11.7. The van der Waals surface area contributed by atoms with Crippen molar-refractivity contribution < 1.29 is 24.2 Å². The Bertz CT molecular complexity index is 2440. The Labute approximate surface area is 361 Å². The second-order valence-electron chi connectivity index (χ2n) is 16.9. The first-order chi connectivity index (χ1) is 29.0. The molecule has 0 spiro atoms. The van der Waals surface area contributed by atoms with Crippen molar-refractivity contribution in [3.05, 3.63) is 112 Å². The molecule has 3 N–H and O–H groups in total. The van der Waals surface area contributed by atoms with Crippen LogP contribution in [0.4, 0.5) is 0 Å². The number of carboxylic acid groups (broad SMARTS) is 1. The summed E-state index contributed by atoms with van der Waals surface area (Å²) in [5.74, 6) is 0.774. The van der Waals surface area contributed by atoms with Crippen molar-refractivity contribution in [1.29, 1.82) is 0 Å². The highest BCUT2D eigenvalue weighted by atomic mass is 35.5. The van der Waals surface area contributed by atoms with Gasteiger partial charge in [0.15, 0.2) is 0 Å². The van der Waals surface area contributed by atoms with Crippen LogP contribution in [0.15, 0.2) is 85.1 Å². The number of amides is 1. The van der Waals surface area contributed by atoms with Gasteiger partial charge < -0.3 is 25.2 Å². The van der Waals surface area contributed by atoms with Crippen LogP contribution in [0.1, 0.15) is 75.0 Å². The molecule has 10 nitrogen and oxygen atoms in total. The van der Waals surface area contributed by atoms with E-state index in [0.29, 0.717) is 53.8 Å². The predicted molar refractivity (Wildman–Crippen MR) is 238 cm³/mol. The number of hydrogen-bond acceptors (Lipinski definition) is 7. The van der Waals surface area contributed by atoms with E-state index < -0.39 is 5.97 Å². The third-order valence-corrected chi connectivity index (χ3v) is 13.8. The van der Waals surface area contributed by atoms with Gasteiger partial charge in [-0.05, 0) is 91.3 Å². The Hall–Kier alpha value is -4.87. The van der Waals surface area contributed by atoms with E-state index in [4.69, 9.17) is 37.8 Å². The number of hydrogen-bond donors (Lipinski definition) is 3. The minimum atomic E-state index is -0.897. The van der Waals surface area contributed by atoms with E-state index in [1.54, 1.807) is 14.2 Å². The molecule has 60 heavy (non-hydrogen) atoms. The molecule has 4 aromatic carbocycles. The Balaban J connectivity index is 0.995. The number of rotatable bonds is 16. The summed E-state index contributed by atoms with van der Waals surface area (Å²) in [4.78, 5) is 25.9. The van der Waals surface area contributed by atoms with Gasteiger partial charge in [-0.2, -0.15) is 5.10 Å². The SMILES string of the molecule is C=C(C(=O)O)C1(C)CCC(N(Cc2cc(Cl)c(Cn3ncc4c(-c5cccc(-c6ccc(CNC[C@@H]7CCC(=O)N7)c(OC)c6)c5Cl)cccc43)cc2OC)C2CC2)CC1. The van der Waals surface area contributed by atoms with Gasteiger partial charge in [0.1, 0.15) is 11.5 Å². The van der Waals surface area contributed by atoms with Crippen molar-refractivity contribution in [2.75, 3.05) is 20.8 Å². The second kappa shape index (κ2) is 17.6. The molecule has 1 atom stereocenters. The van der Waals surface area contributed by atoms with Crippen molar-refractivity contribution in [1.82, 2.24) is 25.3 Å². The van der Waals surface area contributed by atoms with E-state index in [-0.39, 0.29) is 17.4 Å². The number of aromatic nitrogens is 2. The number of nitrogens with zero attached hydrogens (tertiary/aromatic N) is 3. The molecule has 2 heterocycles. The first-order valence-electron chi connectivity index (χ1n) is 20.9. The summed E-state index contributed by atoms with van der Waals surface area (Å²) >= 11 is 14.3. The minimum Gasteiger partial charge on any atom is -0.496 e. The average molecular weight is 851 g/mol. The molecule has 3 aliphatic rings. The van der Waals surface area contributed by atoms with Gasteiger partial charge in [0, 0.05) is 82.4 Å². The van der Waals surface area contributed by atoms with E-state index in [1.807, 2.05) is 60.3 Å². The second-order valence-corrected chi connectivity index (χ2v) is 17.7. The monoisotopic (exact) mass is 849 g/mol. The van der Waals surface area contributed by atoms with Gasteiger partial charge in [-0.3, -0.25) is 14.4 Å². The summed E-state index contributed by atoms with van der Waals surface area (Å²) in [7, 11) is 3.38. The highest BCUT2D eigenvalue weighted by Crippen LogP contribution is 2.46. The van der Waals surface area contributed by atoms with Gasteiger partial charge in [0.25, 0.3) is 0 Å². The van der Waals surface area contributed by atoms with Crippen LogP contribution in [0.5, 0.6) is 11.5 Å². The van der Waals surface area contributed by atoms with Gasteiger partial charge >= 0.3 is 5.97 Å². The zero-order valence-electron chi connectivity index (χ0n) is 34.5. The van der Waals surface area contributed by atoms with E-state index in [0.717, 1.165) is 113 Å². The standard InChI is InChI=1S/C48H53Cl2N5O5/c1-29(47(57)58)48(2)19-17-36(18-20-48)54(35-14-15-35)27-33-21-41(49)32(23-44(33)60-4)28-55-42-10-6-8-38(40(42)26-52-55)39-9-5-7-37(46(39)50)30-11-12-31(43(22-30)59-3)24-51-25-34-13-16-45(56)53-34/h5-12,21-23,26,34-36,51H,1,13-20,24-25,27-28H2,2-4H3,(H,53,56)(H,57,58)/t34-,36?,48?/m0/s1. The number of methoxy groups -OCH3 is 2. The van der Waals surface area contributed by atoms with E-state index in [9.17, 15) is 14.7 Å². The largest absolute Gasteiger partial charge is 0.496 e. The van der Waals surface area contributed by atoms with Gasteiger partial charge in [0.2, 0.25) is 5.91 Å². The normalized spacial score (nSPS) is 20.4. The number of fused-ring (bicyclic) bond motifs is 1. The first kappa shape index (κ1) is 41.8. The van der Waals surface area contributed by atoms with Crippen LogP contribution >= 0.6 is 23.2 Å². The Morgan fingerprint density at radius 3 is 2.33 bits per heavy atom. The van der Waals surface area contributed by atoms with Crippen LogP contribution in [-0.2, 0) is 29.2 Å². The molecule has 2 saturated carbocycles. The van der Waals surface area contributed by atoms with Gasteiger partial charge in [0.05, 0.1) is 37.5 Å². The summed E-state index contributed by atoms with van der Waals surface area (Å²) in [5, 5.41) is 23.2. The molecular weight excluding hydrogens is 797 g/mol. The lowest BCUT2D eigenvalue weighted by molar-refractivity contribution is -0.134. The molecule has 5 aromatic rings. The van der Waals surface area contributed by atoms with Gasteiger partial charge in [-0.25, -0.2) is 4.79 Å². The Kier molecular flexibility index (Phi) is 12.3. The fourth-order valence-electron chi connectivity index (χ4n) is 9.22. The van der Waals surface area contributed by atoms with E-state index in [1.165, 1.54) is 0 Å². The predicted octanol–water partition coefficient (Wildman–Crippen LogP) is 9.66. The fourth-order valence-corrected chi connectivity index (χ4v) is 9.80. The van der Waals surface area contributed by atoms with Crippen LogP contribution in [0.25, 0.3) is 33.2 Å². The molecule has 2 aliphatic carbocycles. The lowest BCUT2D eigenvalue weighted by Crippen LogP contribution is -2.42. The molecule has 12 heteroatoms. The maximum atomic E-state index is 11.7. The smallest absolute Gasteiger partial charge is 0.331 e. The van der Waals surface area contributed by atoms with Crippen LogP contribution in [0.2, 0.25) is 10.0 Å². The lowest BCUT2D eigenvalue weighted by Gasteiger charge is -2.42. The maximum Gasteiger partial charge on any atom is 0.331 e. The summed E-state index contributed by atoms with van der Waals surface area (Å²) in [6.45, 7) is 8.45. The molecule has 1 saturated heterocycles. The van der Waals surface area contributed by atoms with Crippen LogP contribution in [0.3, 0.4) is 0 Å². The van der Waals surface area contributed by atoms with E-state index in [2.05, 4.69) is 46.4 Å². The summed E-state index contributed by atoms with van der Waals surface area (Å²) < 4.78 is 13.8. The molecule has 0 radical (unpaired) electrons. The van der Waals surface area contributed by atoms with Gasteiger partial charge in [-0.15, -0.1) is 0 Å². The zero-order chi connectivity index (χ0) is 42.1. The fraction of sp³-hybridized carbons (Fsp3) is 0.396. The van der Waals surface area contributed by atoms with Crippen molar-refractivity contribution in [3.8, 4) is 33.8 Å². The number of carbonyl (C=O) groups is 2. The highest BCUT2D eigenvalue weighted by Gasteiger charge is 2.41. The third-order valence-electron chi connectivity index (χ3n) is 13.0. The van der Waals surface area contributed by atoms with Crippen molar-refractivity contribution in [2.24, 2.45) is 5.41 Å². The average Bonchev–Trinajstić information content (AvgIpc) is 3.88. The number of nitrogens with one attached hydrogen (secondary N) is 2. The molecule has 0 unspecified atom stereocenters. The minimum absolute atomic E-state index is 0.113. The molecule has 1 aromatic heterocycles. The van der Waals surface area contributed by atoms with Gasteiger partial charge in [-0.1, -0.05) is 79.2 Å². The number of carbonyl (C=O) groups excluding carboxylic acids is 1. The molecule has 8 rings (SSSR count). The van der Waals surface area contributed by atoms with Crippen molar-refractivity contribution >= 4 is 46.0 Å². The van der Waals surface area contributed by atoms with E-state index >= 15 is 0 Å². The number of halogens is 2. The Morgan fingerprint density at radius 2 is 1.63 bits per heavy atom. The Morgan fingerprint density at radius 1 is 0.933 bits per heavy atom. The van der Waals surface area contributed by atoms with Crippen LogP contribution in [-0.4, -0.2) is 70.6 Å². The molecule has 314 valence electrons. The highest BCUT2D eigenvalue weighted by molar-refractivity contribution is 6.36. The zero-order valence-corrected chi connectivity index (χ0v) is 36.0. The van der Waals surface area contributed by atoms with Crippen LogP contribution in [0, 0.1) is 5.41 Å². The molecule has 3 fully saturated rings. The number of ether oxygens (including phenoxy) is 2. The topological polar surface area (TPSA) is 118 Å². The quantitative estimate of drug-likeness (QED) is 0.0841. The number of carboxylic acids is 1. The summed E-state index contributed by atoms with van der Waals surface area (Å²) in [6, 6.07) is 23.5. The van der Waals surface area contributed by atoms with Crippen molar-refractivity contribution in [2.45, 2.75) is 96.1 Å². The number of aliphatic carboxylic acids is 1. The molecule has 1 amide bonds. The molecular formula is C48H53Cl2N5O5. The lowest BCUT2D eigenvalue weighted by atomic mass is 9.69. The molecule has 1 aliphatic heterocycles. The first-order valence-corrected chi connectivity index (χ1v) is 21.7. The molecule has 0 bridgehead atoms. The van der Waals surface area contributed by atoms with Crippen LogP contribution < -0.4 is 20.1 Å². The van der Waals surface area contributed by atoms with Crippen molar-refractivity contribution in [3.63, 3.8) is 0 Å². The third kappa shape index (κ3) is 8.66. The summed E-state index contributed by atoms with van der Waals surface area (Å²) in [6.07, 6.45) is 9.14. The summed E-state index contributed by atoms with van der Waals surface area (Å²) in [5.41, 5.74) is 7.61. The number of benzene rings is 4.